The lowest BCUT2D eigenvalue weighted by Gasteiger charge is -2.32. The highest BCUT2D eigenvalue weighted by atomic mass is 32.1. The summed E-state index contributed by atoms with van der Waals surface area (Å²) in [5.74, 6) is -0.220. The lowest BCUT2D eigenvalue weighted by molar-refractivity contribution is -0.124. The number of aromatic nitrogens is 2. The maximum absolute atomic E-state index is 13.4. The Hall–Kier alpha value is -3.36. The van der Waals surface area contributed by atoms with E-state index in [1.807, 2.05) is 75.1 Å². The molecule has 0 saturated heterocycles. The first-order chi connectivity index (χ1) is 17.3. The van der Waals surface area contributed by atoms with Gasteiger partial charge in [-0.15, -0.1) is 21.5 Å². The number of benzene rings is 2. The molecule has 4 aromatic rings. The molecule has 0 aliphatic heterocycles. The zero-order valence-electron chi connectivity index (χ0n) is 20.9. The predicted octanol–water partition coefficient (Wildman–Crippen LogP) is 6.55. The van der Waals surface area contributed by atoms with Gasteiger partial charge >= 0.3 is 0 Å². The number of hydrogen-bond acceptors (Lipinski definition) is 6. The first-order valence-electron chi connectivity index (χ1n) is 12.0. The van der Waals surface area contributed by atoms with Crippen molar-refractivity contribution in [3.05, 3.63) is 88.2 Å². The van der Waals surface area contributed by atoms with Crippen molar-refractivity contribution in [3.8, 4) is 10.4 Å². The summed E-state index contributed by atoms with van der Waals surface area (Å²) in [6.45, 7) is 9.29. The van der Waals surface area contributed by atoms with E-state index >= 15 is 0 Å². The molecule has 2 heterocycles. The Bertz CT molecular complexity index is 1300. The Morgan fingerprint density at radius 2 is 1.67 bits per heavy atom. The maximum Gasteiger partial charge on any atom is 0.253 e. The van der Waals surface area contributed by atoms with E-state index < -0.39 is 5.41 Å². The van der Waals surface area contributed by atoms with Crippen LogP contribution in [0.4, 0.5) is 5.13 Å². The minimum atomic E-state index is -0.755. The van der Waals surface area contributed by atoms with Crippen molar-refractivity contribution in [3.63, 3.8) is 0 Å². The van der Waals surface area contributed by atoms with Crippen LogP contribution in [0.25, 0.3) is 10.4 Å². The van der Waals surface area contributed by atoms with Crippen LogP contribution in [-0.2, 0) is 4.79 Å². The van der Waals surface area contributed by atoms with Crippen LogP contribution in [0.3, 0.4) is 0 Å². The highest BCUT2D eigenvalue weighted by Gasteiger charge is 2.40. The fourth-order valence-electron chi connectivity index (χ4n) is 4.33. The van der Waals surface area contributed by atoms with Gasteiger partial charge in [0.25, 0.3) is 5.91 Å². The molecule has 4 rings (SSSR count). The van der Waals surface area contributed by atoms with Crippen molar-refractivity contribution in [2.24, 2.45) is 5.41 Å². The van der Waals surface area contributed by atoms with Crippen LogP contribution in [0.1, 0.15) is 54.4 Å². The van der Waals surface area contributed by atoms with E-state index in [0.29, 0.717) is 23.8 Å². The van der Waals surface area contributed by atoms with Crippen molar-refractivity contribution in [1.29, 1.82) is 0 Å². The molecular weight excluding hydrogens is 488 g/mol. The summed E-state index contributed by atoms with van der Waals surface area (Å²) in [5.41, 5.74) is 3.66. The number of hydrogen-bond donors (Lipinski definition) is 1. The van der Waals surface area contributed by atoms with Crippen molar-refractivity contribution in [2.45, 2.75) is 33.6 Å². The number of thiophene rings is 1. The van der Waals surface area contributed by atoms with Crippen LogP contribution < -0.4 is 5.32 Å². The molecule has 0 saturated carbocycles. The van der Waals surface area contributed by atoms with Gasteiger partial charge in [0.1, 0.15) is 5.51 Å². The van der Waals surface area contributed by atoms with Gasteiger partial charge < -0.3 is 10.2 Å². The molecule has 2 aromatic carbocycles. The van der Waals surface area contributed by atoms with Gasteiger partial charge in [0, 0.05) is 34.3 Å². The third kappa shape index (κ3) is 5.39. The molecule has 1 unspecified atom stereocenters. The molecule has 0 spiro atoms. The van der Waals surface area contributed by atoms with E-state index in [1.54, 1.807) is 16.8 Å². The molecule has 36 heavy (non-hydrogen) atoms. The van der Waals surface area contributed by atoms with E-state index in [2.05, 4.69) is 39.8 Å². The lowest BCUT2D eigenvalue weighted by atomic mass is 9.73. The van der Waals surface area contributed by atoms with Gasteiger partial charge in [-0.05, 0) is 49.2 Å². The summed E-state index contributed by atoms with van der Waals surface area (Å²) in [5, 5.41) is 11.2. The van der Waals surface area contributed by atoms with Crippen molar-refractivity contribution in [2.75, 3.05) is 18.4 Å². The number of anilines is 1. The van der Waals surface area contributed by atoms with Crippen LogP contribution in [-0.4, -0.2) is 40.0 Å². The molecule has 1 N–H and O–H groups in total. The second kappa shape index (κ2) is 11.1. The van der Waals surface area contributed by atoms with Gasteiger partial charge in [-0.2, -0.15) is 0 Å². The van der Waals surface area contributed by atoms with Gasteiger partial charge in [0.2, 0.25) is 11.0 Å². The Morgan fingerprint density at radius 1 is 0.972 bits per heavy atom. The first kappa shape index (κ1) is 25.7. The Balaban J connectivity index is 1.64. The number of carbonyl (C=O) groups excluding carboxylic acids is 2. The monoisotopic (exact) mass is 518 g/mol. The SMILES string of the molecule is CCN(CC)C(=O)c1ccc(-c2ccc(C(c3ccccc3)C(C)(C)C(=O)Nc3nncs3)s2)cc1. The highest BCUT2D eigenvalue weighted by molar-refractivity contribution is 7.15. The average Bonchev–Trinajstić information content (AvgIpc) is 3.58. The van der Waals surface area contributed by atoms with Crippen molar-refractivity contribution in [1.82, 2.24) is 15.1 Å². The zero-order chi connectivity index (χ0) is 25.7. The summed E-state index contributed by atoms with van der Waals surface area (Å²) in [6.07, 6.45) is 0. The second-order valence-electron chi connectivity index (χ2n) is 9.02. The molecule has 2 amide bonds. The molecule has 0 radical (unpaired) electrons. The standard InChI is InChI=1S/C28H30N4O2S2/c1-5-32(6-2)25(33)21-14-12-19(13-15-21)22-16-17-23(36-22)24(20-10-8-7-9-11-20)28(3,4)26(34)30-27-31-29-18-35-27/h7-18,24H,5-6H2,1-4H3,(H,30,31,34). The molecular formula is C28H30N4O2S2. The third-order valence-corrected chi connectivity index (χ3v) is 8.20. The summed E-state index contributed by atoms with van der Waals surface area (Å²) in [7, 11) is 0. The van der Waals surface area contributed by atoms with Crippen LogP contribution in [0, 0.1) is 5.41 Å². The van der Waals surface area contributed by atoms with Crippen LogP contribution >= 0.6 is 22.7 Å². The van der Waals surface area contributed by atoms with Crippen LogP contribution in [0.5, 0.6) is 0 Å². The Kier molecular flexibility index (Phi) is 7.96. The molecule has 2 aromatic heterocycles. The van der Waals surface area contributed by atoms with Crippen molar-refractivity contribution >= 4 is 39.6 Å². The third-order valence-electron chi connectivity index (χ3n) is 6.40. The average molecular weight is 519 g/mol. The Morgan fingerprint density at radius 3 is 2.28 bits per heavy atom. The molecule has 1 atom stereocenters. The van der Waals surface area contributed by atoms with Gasteiger partial charge in [0.05, 0.1) is 5.41 Å². The number of amides is 2. The van der Waals surface area contributed by atoms with Crippen LogP contribution in [0.2, 0.25) is 0 Å². The van der Waals surface area contributed by atoms with E-state index in [9.17, 15) is 9.59 Å². The summed E-state index contributed by atoms with van der Waals surface area (Å²) in [4.78, 5) is 30.1. The largest absolute Gasteiger partial charge is 0.339 e. The lowest BCUT2D eigenvalue weighted by Crippen LogP contribution is -2.36. The molecule has 186 valence electrons. The van der Waals surface area contributed by atoms with Gasteiger partial charge in [0.15, 0.2) is 0 Å². The number of nitrogens with zero attached hydrogens (tertiary/aromatic N) is 3. The van der Waals surface area contributed by atoms with E-state index in [-0.39, 0.29) is 17.7 Å². The molecule has 0 bridgehead atoms. The smallest absolute Gasteiger partial charge is 0.253 e. The topological polar surface area (TPSA) is 75.2 Å². The summed E-state index contributed by atoms with van der Waals surface area (Å²) < 4.78 is 0. The number of nitrogens with one attached hydrogen (secondary N) is 1. The molecule has 0 aliphatic rings. The minimum Gasteiger partial charge on any atom is -0.339 e. The Labute approximate surface area is 220 Å². The van der Waals surface area contributed by atoms with E-state index in [4.69, 9.17) is 0 Å². The normalized spacial score (nSPS) is 12.2. The summed E-state index contributed by atoms with van der Waals surface area (Å²) >= 11 is 2.97. The fourth-order valence-corrected chi connectivity index (χ4v) is 6.10. The van der Waals surface area contributed by atoms with E-state index in [1.165, 1.54) is 11.3 Å². The zero-order valence-corrected chi connectivity index (χ0v) is 22.5. The number of carbonyl (C=O) groups is 2. The predicted molar refractivity (Wildman–Crippen MR) is 148 cm³/mol. The fraction of sp³-hybridized carbons (Fsp3) is 0.286. The highest BCUT2D eigenvalue weighted by Crippen LogP contribution is 2.45. The molecule has 0 fully saturated rings. The van der Waals surface area contributed by atoms with Gasteiger partial charge in [-0.25, -0.2) is 0 Å². The van der Waals surface area contributed by atoms with E-state index in [0.717, 1.165) is 20.9 Å². The number of rotatable bonds is 9. The van der Waals surface area contributed by atoms with Gasteiger partial charge in [-0.3, -0.25) is 9.59 Å². The van der Waals surface area contributed by atoms with Gasteiger partial charge in [-0.1, -0.05) is 67.6 Å². The van der Waals surface area contributed by atoms with Crippen molar-refractivity contribution < 1.29 is 9.59 Å². The molecule has 6 nitrogen and oxygen atoms in total. The second-order valence-corrected chi connectivity index (χ2v) is 11.0. The molecule has 8 heteroatoms. The molecule has 0 aliphatic carbocycles. The minimum absolute atomic E-state index is 0.0470. The maximum atomic E-state index is 13.4. The summed E-state index contributed by atoms with van der Waals surface area (Å²) in [6, 6.07) is 22.1. The van der Waals surface area contributed by atoms with Crippen LogP contribution in [0.15, 0.2) is 72.2 Å². The first-order valence-corrected chi connectivity index (χ1v) is 13.7. The quantitative estimate of drug-likeness (QED) is 0.273.